The molecule has 0 radical (unpaired) electrons. The molecule has 0 N–H and O–H groups in total. The SMILES string of the molecule is CC.CCc1nsc(Cl)n1. The van der Waals surface area contributed by atoms with Gasteiger partial charge in [0.15, 0.2) is 0 Å². The lowest BCUT2D eigenvalue weighted by Crippen LogP contribution is -1.79. The number of aromatic nitrogens is 2. The summed E-state index contributed by atoms with van der Waals surface area (Å²) >= 11 is 6.72. The molecule has 1 aromatic heterocycles. The molecule has 2 nitrogen and oxygen atoms in total. The van der Waals surface area contributed by atoms with Crippen molar-refractivity contribution < 1.29 is 0 Å². The molecule has 1 aromatic rings. The van der Waals surface area contributed by atoms with Gasteiger partial charge in [0.2, 0.25) is 4.47 Å². The normalized spacial score (nSPS) is 8.40. The van der Waals surface area contributed by atoms with Crippen molar-refractivity contribution in [1.29, 1.82) is 0 Å². The fourth-order valence-corrected chi connectivity index (χ4v) is 1.07. The third-order valence-electron chi connectivity index (χ3n) is 0.760. The monoisotopic (exact) mass is 178 g/mol. The van der Waals surface area contributed by atoms with Gasteiger partial charge in [0, 0.05) is 6.42 Å². The van der Waals surface area contributed by atoms with E-state index in [1.165, 1.54) is 11.5 Å². The van der Waals surface area contributed by atoms with Gasteiger partial charge in [-0.3, -0.25) is 0 Å². The highest BCUT2D eigenvalue weighted by Crippen LogP contribution is 2.10. The van der Waals surface area contributed by atoms with Gasteiger partial charge in [0.05, 0.1) is 0 Å². The zero-order valence-electron chi connectivity index (χ0n) is 6.39. The summed E-state index contributed by atoms with van der Waals surface area (Å²) in [6.07, 6.45) is 0.864. The van der Waals surface area contributed by atoms with E-state index in [-0.39, 0.29) is 0 Å². The summed E-state index contributed by atoms with van der Waals surface area (Å²) < 4.78 is 4.46. The number of aryl methyl sites for hydroxylation is 1. The van der Waals surface area contributed by atoms with E-state index >= 15 is 0 Å². The third-order valence-corrected chi connectivity index (χ3v) is 1.60. The zero-order valence-corrected chi connectivity index (χ0v) is 7.96. The molecule has 0 bridgehead atoms. The first kappa shape index (κ1) is 9.85. The van der Waals surface area contributed by atoms with Gasteiger partial charge in [-0.25, -0.2) is 4.98 Å². The molecule has 0 amide bonds. The Labute approximate surface area is 70.4 Å². The van der Waals surface area contributed by atoms with Crippen molar-refractivity contribution in [2.75, 3.05) is 0 Å². The van der Waals surface area contributed by atoms with Crippen LogP contribution in [-0.2, 0) is 6.42 Å². The second-order valence-electron chi connectivity index (χ2n) is 1.32. The molecule has 58 valence electrons. The van der Waals surface area contributed by atoms with Crippen molar-refractivity contribution >= 4 is 23.1 Å². The van der Waals surface area contributed by atoms with Gasteiger partial charge in [-0.1, -0.05) is 20.8 Å². The van der Waals surface area contributed by atoms with Gasteiger partial charge in [-0.15, -0.1) is 0 Å². The average molecular weight is 179 g/mol. The van der Waals surface area contributed by atoms with Crippen molar-refractivity contribution in [1.82, 2.24) is 9.36 Å². The molecule has 4 heteroatoms. The molecule has 0 aliphatic heterocycles. The van der Waals surface area contributed by atoms with Crippen molar-refractivity contribution in [3.05, 3.63) is 10.3 Å². The second-order valence-corrected chi connectivity index (χ2v) is 2.65. The van der Waals surface area contributed by atoms with Gasteiger partial charge in [0.1, 0.15) is 5.82 Å². The summed E-state index contributed by atoms with van der Waals surface area (Å²) in [6, 6.07) is 0. The van der Waals surface area contributed by atoms with Crippen LogP contribution in [0.2, 0.25) is 4.47 Å². The largest absolute Gasteiger partial charge is 0.208 e. The topological polar surface area (TPSA) is 25.8 Å². The minimum Gasteiger partial charge on any atom is -0.208 e. The van der Waals surface area contributed by atoms with Crippen LogP contribution in [0, 0.1) is 0 Å². The Hall–Kier alpha value is -0.150. The van der Waals surface area contributed by atoms with Crippen LogP contribution in [-0.4, -0.2) is 9.36 Å². The van der Waals surface area contributed by atoms with Gasteiger partial charge in [0.25, 0.3) is 0 Å². The molecule has 0 aliphatic carbocycles. The molecule has 0 saturated heterocycles. The number of halogens is 1. The van der Waals surface area contributed by atoms with Crippen LogP contribution in [0.4, 0.5) is 0 Å². The lowest BCUT2D eigenvalue weighted by Gasteiger charge is -1.76. The maximum Gasteiger partial charge on any atom is 0.203 e. The van der Waals surface area contributed by atoms with Crippen LogP contribution >= 0.6 is 23.1 Å². The fraction of sp³-hybridized carbons (Fsp3) is 0.667. The van der Waals surface area contributed by atoms with E-state index in [9.17, 15) is 0 Å². The molecule has 0 atom stereocenters. The Bertz CT molecular complexity index is 176. The lowest BCUT2D eigenvalue weighted by molar-refractivity contribution is 1.000. The molecule has 1 rings (SSSR count). The van der Waals surface area contributed by atoms with Gasteiger partial charge >= 0.3 is 0 Å². The first-order valence-corrected chi connectivity index (χ1v) is 4.46. The van der Waals surface area contributed by atoms with Crippen LogP contribution in [0.1, 0.15) is 26.6 Å². The molecular formula is C6H11ClN2S. The van der Waals surface area contributed by atoms with Crippen molar-refractivity contribution in [3.8, 4) is 0 Å². The Morgan fingerprint density at radius 1 is 1.50 bits per heavy atom. The van der Waals surface area contributed by atoms with Crippen LogP contribution in [0.25, 0.3) is 0 Å². The highest BCUT2D eigenvalue weighted by Gasteiger charge is 1.95. The molecule has 0 saturated carbocycles. The highest BCUT2D eigenvalue weighted by molar-refractivity contribution is 7.10. The van der Waals surface area contributed by atoms with E-state index in [1.54, 1.807) is 0 Å². The molecule has 0 unspecified atom stereocenters. The zero-order chi connectivity index (χ0) is 7.98. The Morgan fingerprint density at radius 3 is 2.30 bits per heavy atom. The van der Waals surface area contributed by atoms with E-state index in [1.807, 2.05) is 20.8 Å². The molecule has 0 aliphatic rings. The first-order valence-electron chi connectivity index (χ1n) is 3.31. The summed E-state index contributed by atoms with van der Waals surface area (Å²) in [7, 11) is 0. The Balaban J connectivity index is 0.000000371. The standard InChI is InChI=1S/C4H5ClN2S.C2H6/c1-2-3-6-4(5)8-7-3;1-2/h2H2,1H3;1-2H3. The van der Waals surface area contributed by atoms with E-state index in [0.717, 1.165) is 12.2 Å². The number of rotatable bonds is 1. The maximum absolute atomic E-state index is 5.48. The van der Waals surface area contributed by atoms with E-state index in [4.69, 9.17) is 11.6 Å². The summed E-state index contributed by atoms with van der Waals surface area (Å²) in [5.74, 6) is 0.833. The predicted molar refractivity (Wildman–Crippen MR) is 45.6 cm³/mol. The van der Waals surface area contributed by atoms with Crippen LogP contribution in [0.15, 0.2) is 0 Å². The van der Waals surface area contributed by atoms with Gasteiger partial charge < -0.3 is 0 Å². The maximum atomic E-state index is 5.48. The third kappa shape index (κ3) is 3.13. The van der Waals surface area contributed by atoms with E-state index in [2.05, 4.69) is 9.36 Å². The number of hydrogen-bond donors (Lipinski definition) is 0. The van der Waals surface area contributed by atoms with Gasteiger partial charge in [-0.2, -0.15) is 4.37 Å². The minimum absolute atomic E-state index is 0.529. The first-order chi connectivity index (χ1) is 4.83. The van der Waals surface area contributed by atoms with Crippen molar-refractivity contribution in [2.45, 2.75) is 27.2 Å². The number of hydrogen-bond acceptors (Lipinski definition) is 3. The van der Waals surface area contributed by atoms with Crippen LogP contribution in [0.5, 0.6) is 0 Å². The summed E-state index contributed by atoms with van der Waals surface area (Å²) in [5, 5.41) is 0. The molecule has 0 fully saturated rings. The van der Waals surface area contributed by atoms with Crippen LogP contribution < -0.4 is 0 Å². The quantitative estimate of drug-likeness (QED) is 0.661. The lowest BCUT2D eigenvalue weighted by atomic mass is 10.5. The average Bonchev–Trinajstić information content (AvgIpc) is 2.40. The summed E-state index contributed by atoms with van der Waals surface area (Å²) in [6.45, 7) is 6.00. The smallest absolute Gasteiger partial charge is 0.203 e. The Morgan fingerprint density at radius 2 is 2.10 bits per heavy atom. The highest BCUT2D eigenvalue weighted by atomic mass is 35.5. The molecular weight excluding hydrogens is 168 g/mol. The molecule has 0 spiro atoms. The number of nitrogens with zero attached hydrogens (tertiary/aromatic N) is 2. The van der Waals surface area contributed by atoms with Crippen LogP contribution in [0.3, 0.4) is 0 Å². The Kier molecular flexibility index (Phi) is 5.54. The van der Waals surface area contributed by atoms with Crippen molar-refractivity contribution in [2.24, 2.45) is 0 Å². The molecule has 10 heavy (non-hydrogen) atoms. The fourth-order valence-electron chi connectivity index (χ4n) is 0.376. The van der Waals surface area contributed by atoms with E-state index in [0.29, 0.717) is 4.47 Å². The molecule has 1 heterocycles. The minimum atomic E-state index is 0.529. The van der Waals surface area contributed by atoms with Gasteiger partial charge in [-0.05, 0) is 23.1 Å². The summed E-state index contributed by atoms with van der Waals surface area (Å²) in [4.78, 5) is 3.90. The van der Waals surface area contributed by atoms with Crippen molar-refractivity contribution in [3.63, 3.8) is 0 Å². The second kappa shape index (κ2) is 5.62. The van der Waals surface area contributed by atoms with E-state index < -0.39 is 0 Å². The predicted octanol–water partition coefficient (Wildman–Crippen LogP) is 2.78. The molecule has 0 aromatic carbocycles. The summed E-state index contributed by atoms with van der Waals surface area (Å²) in [5.41, 5.74) is 0.